The molecule has 6 nitrogen and oxygen atoms in total. The van der Waals surface area contributed by atoms with E-state index in [0.29, 0.717) is 59.4 Å². The molecule has 2 unspecified atom stereocenters. The summed E-state index contributed by atoms with van der Waals surface area (Å²) in [5.41, 5.74) is 5.74. The Balaban J connectivity index is 1.69. The van der Waals surface area contributed by atoms with Crippen LogP contribution in [-0.4, -0.2) is 20.6 Å². The van der Waals surface area contributed by atoms with Crippen LogP contribution in [0.5, 0.6) is 0 Å². The van der Waals surface area contributed by atoms with Crippen molar-refractivity contribution in [2.24, 2.45) is 0 Å². The molecule has 0 saturated carbocycles. The van der Waals surface area contributed by atoms with E-state index >= 15 is 0 Å². The molecule has 6 rings (SSSR count). The van der Waals surface area contributed by atoms with E-state index in [-0.39, 0.29) is 24.0 Å². The molecule has 0 saturated heterocycles. The van der Waals surface area contributed by atoms with Crippen molar-refractivity contribution in [3.8, 4) is 11.4 Å². The number of hydrogen-bond donors (Lipinski definition) is 1. The van der Waals surface area contributed by atoms with Crippen molar-refractivity contribution in [2.45, 2.75) is 58.3 Å². The number of halogens is 1. The molecular formula is C24H21FN2O4. The predicted molar refractivity (Wildman–Crippen MR) is 111 cm³/mol. The van der Waals surface area contributed by atoms with Gasteiger partial charge in [-0.3, -0.25) is 9.59 Å². The molecule has 7 heteroatoms. The quantitative estimate of drug-likeness (QED) is 0.478. The smallest absolute Gasteiger partial charge is 0.313 e. The number of nitrogens with zero attached hydrogens (tertiary/aromatic N) is 2. The number of aliphatic hydroxyl groups is 1. The molecule has 2 aliphatic heterocycles. The van der Waals surface area contributed by atoms with Crippen LogP contribution in [-0.2, 0) is 29.1 Å². The fourth-order valence-corrected chi connectivity index (χ4v) is 5.55. The number of pyridine rings is 2. The van der Waals surface area contributed by atoms with Gasteiger partial charge < -0.3 is 14.4 Å². The number of carbonyl (C=O) groups is 1. The Bertz CT molecular complexity index is 1390. The Morgan fingerprint density at radius 3 is 2.84 bits per heavy atom. The van der Waals surface area contributed by atoms with Crippen molar-refractivity contribution in [3.05, 3.63) is 61.7 Å². The number of rotatable bonds is 1. The minimum Gasteiger partial charge on any atom is -0.460 e. The van der Waals surface area contributed by atoms with Gasteiger partial charge in [-0.15, -0.1) is 0 Å². The zero-order chi connectivity index (χ0) is 21.6. The number of hydrogen-bond acceptors (Lipinski definition) is 5. The molecule has 2 atom stereocenters. The molecule has 1 aromatic carbocycles. The van der Waals surface area contributed by atoms with E-state index in [0.717, 1.165) is 22.1 Å². The number of ether oxygens (including phenoxy) is 1. The highest BCUT2D eigenvalue weighted by Crippen LogP contribution is 2.45. The summed E-state index contributed by atoms with van der Waals surface area (Å²) in [7, 11) is 0. The molecule has 0 bridgehead atoms. The average molecular weight is 420 g/mol. The molecule has 0 fully saturated rings. The highest BCUT2D eigenvalue weighted by atomic mass is 19.1. The van der Waals surface area contributed by atoms with E-state index < -0.39 is 12.0 Å². The first-order chi connectivity index (χ1) is 14.9. The number of aliphatic hydroxyl groups excluding tert-OH is 1. The highest BCUT2D eigenvalue weighted by Gasteiger charge is 2.36. The van der Waals surface area contributed by atoms with Crippen LogP contribution in [0, 0.1) is 12.7 Å². The maximum Gasteiger partial charge on any atom is 0.313 e. The first-order valence-corrected chi connectivity index (χ1v) is 10.7. The third kappa shape index (κ3) is 2.32. The number of carbonyl (C=O) groups excluding carboxylic acids is 1. The van der Waals surface area contributed by atoms with Crippen LogP contribution in [0.15, 0.2) is 16.9 Å². The predicted octanol–water partition coefficient (Wildman–Crippen LogP) is 3.40. The van der Waals surface area contributed by atoms with Gasteiger partial charge in [0.1, 0.15) is 12.4 Å². The van der Waals surface area contributed by atoms with E-state index in [1.54, 1.807) is 11.5 Å². The topological polar surface area (TPSA) is 81.4 Å². The molecule has 2 aromatic heterocycles. The summed E-state index contributed by atoms with van der Waals surface area (Å²) in [4.78, 5) is 30.4. The van der Waals surface area contributed by atoms with E-state index in [1.165, 1.54) is 6.07 Å². The Morgan fingerprint density at radius 2 is 2.06 bits per heavy atom. The van der Waals surface area contributed by atoms with Crippen molar-refractivity contribution in [1.29, 1.82) is 0 Å². The van der Waals surface area contributed by atoms with Crippen LogP contribution < -0.4 is 5.56 Å². The largest absolute Gasteiger partial charge is 0.460 e. The Morgan fingerprint density at radius 1 is 1.26 bits per heavy atom. The van der Waals surface area contributed by atoms with Gasteiger partial charge in [0.15, 0.2) is 0 Å². The van der Waals surface area contributed by atoms with Gasteiger partial charge in [0.25, 0.3) is 5.56 Å². The third-order valence-corrected chi connectivity index (χ3v) is 7.17. The fourth-order valence-electron chi connectivity index (χ4n) is 5.55. The van der Waals surface area contributed by atoms with Crippen molar-refractivity contribution < 1.29 is 19.0 Å². The van der Waals surface area contributed by atoms with Gasteiger partial charge in [-0.2, -0.15) is 0 Å². The first kappa shape index (κ1) is 18.7. The lowest BCUT2D eigenvalue weighted by Crippen LogP contribution is -2.32. The third-order valence-electron chi connectivity index (χ3n) is 7.17. The lowest BCUT2D eigenvalue weighted by atomic mass is 9.83. The maximum atomic E-state index is 14.6. The van der Waals surface area contributed by atoms with Crippen LogP contribution in [0.1, 0.15) is 65.2 Å². The van der Waals surface area contributed by atoms with Crippen LogP contribution in [0.4, 0.5) is 4.39 Å². The van der Waals surface area contributed by atoms with Crippen molar-refractivity contribution >= 4 is 16.9 Å². The molecular weight excluding hydrogens is 399 g/mol. The number of cyclic esters (lactones) is 1. The first-order valence-electron chi connectivity index (χ1n) is 10.7. The highest BCUT2D eigenvalue weighted by molar-refractivity contribution is 5.93. The summed E-state index contributed by atoms with van der Waals surface area (Å²) >= 11 is 0. The molecule has 0 spiro atoms. The second-order valence-electron chi connectivity index (χ2n) is 8.69. The van der Waals surface area contributed by atoms with Gasteiger partial charge in [-0.25, -0.2) is 9.37 Å². The zero-order valence-electron chi connectivity index (χ0n) is 17.3. The number of fused-ring (bicyclic) bond motifs is 5. The second-order valence-corrected chi connectivity index (χ2v) is 8.69. The summed E-state index contributed by atoms with van der Waals surface area (Å²) in [6.07, 6.45) is 0.938. The summed E-state index contributed by atoms with van der Waals surface area (Å²) in [6, 6.07) is 3.28. The molecule has 0 radical (unpaired) electrons. The Kier molecular flexibility index (Phi) is 3.76. The van der Waals surface area contributed by atoms with Crippen LogP contribution >= 0.6 is 0 Å². The van der Waals surface area contributed by atoms with Crippen LogP contribution in [0.2, 0.25) is 0 Å². The summed E-state index contributed by atoms with van der Waals surface area (Å²) in [5.74, 6) is -1.12. The van der Waals surface area contributed by atoms with E-state index in [2.05, 4.69) is 0 Å². The number of esters is 1. The molecule has 1 aliphatic carbocycles. The fraction of sp³-hybridized carbons (Fsp3) is 0.375. The van der Waals surface area contributed by atoms with Crippen molar-refractivity contribution in [2.75, 3.05) is 0 Å². The molecule has 0 amide bonds. The van der Waals surface area contributed by atoms with Gasteiger partial charge >= 0.3 is 5.97 Å². The minimum atomic E-state index is -0.690. The molecule has 3 aromatic rings. The Labute approximate surface area is 177 Å². The second kappa shape index (κ2) is 6.23. The van der Waals surface area contributed by atoms with Gasteiger partial charge in [-0.1, -0.05) is 6.92 Å². The lowest BCUT2D eigenvalue weighted by Gasteiger charge is -2.26. The summed E-state index contributed by atoms with van der Waals surface area (Å²) < 4.78 is 21.5. The normalized spacial score (nSPS) is 21.0. The average Bonchev–Trinajstić information content (AvgIpc) is 3.11. The monoisotopic (exact) mass is 420 g/mol. The number of benzene rings is 1. The lowest BCUT2D eigenvalue weighted by molar-refractivity contribution is -0.148. The van der Waals surface area contributed by atoms with Crippen LogP contribution in [0.3, 0.4) is 0 Å². The molecule has 158 valence electrons. The number of aromatic nitrogens is 2. The van der Waals surface area contributed by atoms with Gasteiger partial charge in [-0.05, 0) is 54.5 Å². The molecule has 31 heavy (non-hydrogen) atoms. The Hall–Kier alpha value is -3.06. The maximum absolute atomic E-state index is 14.6. The molecule has 3 aliphatic rings. The SMILES string of the molecule is CCC1C(=O)OCc2c1cc1n(c2=O)Cc2c-1nc1cc(F)c(C)c3c1c2C(O)CC3. The standard InChI is InChI=1S/C24H21FN2O4/c1-3-11-13-6-18-22-14(8-27(18)23(29)15(13)9-31-24(11)30)21-19(28)5-4-12-10(2)16(25)7-17(26-22)20(12)21/h6-7,11,19,28H,3-5,8-9H2,1-2H3. The molecule has 4 heterocycles. The van der Waals surface area contributed by atoms with E-state index in [4.69, 9.17) is 9.72 Å². The number of aryl methyl sites for hydroxylation is 1. The summed E-state index contributed by atoms with van der Waals surface area (Å²) in [5, 5.41) is 11.7. The van der Waals surface area contributed by atoms with Gasteiger partial charge in [0.05, 0.1) is 41.0 Å². The van der Waals surface area contributed by atoms with E-state index in [1.807, 2.05) is 13.0 Å². The summed E-state index contributed by atoms with van der Waals surface area (Å²) in [6.45, 7) is 3.92. The van der Waals surface area contributed by atoms with Crippen LogP contribution in [0.25, 0.3) is 22.3 Å². The zero-order valence-corrected chi connectivity index (χ0v) is 17.3. The van der Waals surface area contributed by atoms with Crippen molar-refractivity contribution in [3.63, 3.8) is 0 Å². The van der Waals surface area contributed by atoms with Gasteiger partial charge in [0, 0.05) is 17.0 Å². The molecule has 1 N–H and O–H groups in total. The van der Waals surface area contributed by atoms with Crippen molar-refractivity contribution in [1.82, 2.24) is 9.55 Å². The van der Waals surface area contributed by atoms with E-state index in [9.17, 15) is 19.1 Å². The van der Waals surface area contributed by atoms with Gasteiger partial charge in [0.2, 0.25) is 0 Å². The minimum absolute atomic E-state index is 0.0282.